The Kier molecular flexibility index (Phi) is 7.51. The van der Waals surface area contributed by atoms with Crippen LogP contribution in [-0.4, -0.2) is 20.4 Å². The summed E-state index contributed by atoms with van der Waals surface area (Å²) in [4.78, 5) is 36.6. The molecule has 11 heteroatoms. The van der Waals surface area contributed by atoms with Crippen molar-refractivity contribution >= 4 is 52.0 Å². The molecule has 3 heterocycles. The number of aromatic nitrogens is 3. The van der Waals surface area contributed by atoms with E-state index < -0.39 is 0 Å². The van der Waals surface area contributed by atoms with Crippen molar-refractivity contribution in [3.05, 3.63) is 86.0 Å². The van der Waals surface area contributed by atoms with Crippen LogP contribution in [0.3, 0.4) is 0 Å². The molecule has 0 aliphatic carbocycles. The van der Waals surface area contributed by atoms with Gasteiger partial charge in [-0.25, -0.2) is 14.4 Å². The Bertz CT molecular complexity index is 1660. The van der Waals surface area contributed by atoms with E-state index in [4.69, 9.17) is 16.6 Å². The fourth-order valence-electron chi connectivity index (χ4n) is 4.91. The zero-order chi connectivity index (χ0) is 27.8. The molecule has 0 spiro atoms. The molecule has 0 radical (unpaired) electrons. The summed E-state index contributed by atoms with van der Waals surface area (Å²) in [5.41, 5.74) is 4.84. The number of pyridine rings is 1. The van der Waals surface area contributed by atoms with Crippen LogP contribution in [0, 0.1) is 5.82 Å². The molecular weight excluding hydrogens is 539 g/mol. The third-order valence-electron chi connectivity index (χ3n) is 6.84. The highest BCUT2D eigenvalue weighted by molar-refractivity contribution is 7.98. The Labute approximate surface area is 234 Å². The Morgan fingerprint density at radius 3 is 2.67 bits per heavy atom. The summed E-state index contributed by atoms with van der Waals surface area (Å²) in [5, 5.41) is 4.86. The number of anilines is 2. The number of fused-ring (bicyclic) bond motifs is 2. The third-order valence-corrected chi connectivity index (χ3v) is 7.94. The second-order valence-corrected chi connectivity index (χ2v) is 10.7. The van der Waals surface area contributed by atoms with E-state index in [1.165, 1.54) is 19.1 Å². The molecular formula is C28H28ClFN6O2S. The maximum Gasteiger partial charge on any atom is 0.262 e. The van der Waals surface area contributed by atoms with Crippen LogP contribution in [0.5, 0.6) is 0 Å². The number of nitrogens with one attached hydrogen (secondary N) is 2. The first-order valence-electron chi connectivity index (χ1n) is 12.6. The van der Waals surface area contributed by atoms with Crippen LogP contribution in [0.2, 0.25) is 5.15 Å². The summed E-state index contributed by atoms with van der Waals surface area (Å²) >= 11 is 7.19. The predicted octanol–water partition coefficient (Wildman–Crippen LogP) is 5.52. The van der Waals surface area contributed by atoms with Gasteiger partial charge < -0.3 is 10.2 Å². The minimum Gasteiger partial charge on any atom is -0.376 e. The van der Waals surface area contributed by atoms with Crippen molar-refractivity contribution in [1.29, 1.82) is 0 Å². The van der Waals surface area contributed by atoms with Gasteiger partial charge in [-0.3, -0.25) is 18.9 Å². The number of nitrogens with zero attached hydrogens (tertiary/aromatic N) is 4. The van der Waals surface area contributed by atoms with Crippen molar-refractivity contribution in [3.8, 4) is 0 Å². The first-order chi connectivity index (χ1) is 18.7. The third kappa shape index (κ3) is 5.31. The summed E-state index contributed by atoms with van der Waals surface area (Å²) < 4.78 is 18.1. The number of carbonyl (C=O) groups excluding carboxylic acids is 1. The molecule has 5 rings (SSSR count). The van der Waals surface area contributed by atoms with Gasteiger partial charge in [0.25, 0.3) is 5.56 Å². The van der Waals surface area contributed by atoms with Gasteiger partial charge in [0.15, 0.2) is 0 Å². The minimum atomic E-state index is -0.279. The van der Waals surface area contributed by atoms with Gasteiger partial charge in [0.05, 0.1) is 22.6 Å². The first kappa shape index (κ1) is 27.0. The van der Waals surface area contributed by atoms with Gasteiger partial charge in [0, 0.05) is 44.6 Å². The van der Waals surface area contributed by atoms with E-state index in [2.05, 4.69) is 15.0 Å². The number of hydrogen-bond donors (Lipinski definition) is 2. The minimum absolute atomic E-state index is 0.127. The van der Waals surface area contributed by atoms with Crippen LogP contribution >= 0.6 is 23.5 Å². The number of halogens is 2. The first-order valence-corrected chi connectivity index (χ1v) is 13.8. The standard InChI is InChI=1S/C28H28ClFN6O2S/c1-5-17-7-9-21(15(2)31-22-10-11-23(29)32-26(22)39-34-16(3)37)25-24(17)27(38)35(4)28(33-25)36-13-18-6-8-20(30)12-19(18)14-36/h6-12,15,31H,5,13-14H2,1-4H3,(H,34,37). The van der Waals surface area contributed by atoms with E-state index in [1.54, 1.807) is 29.8 Å². The van der Waals surface area contributed by atoms with Gasteiger partial charge in [0.1, 0.15) is 16.0 Å². The highest BCUT2D eigenvalue weighted by Crippen LogP contribution is 2.33. The lowest BCUT2D eigenvalue weighted by Gasteiger charge is -2.23. The highest BCUT2D eigenvalue weighted by Gasteiger charge is 2.26. The van der Waals surface area contributed by atoms with E-state index in [1.807, 2.05) is 30.9 Å². The highest BCUT2D eigenvalue weighted by atomic mass is 35.5. The lowest BCUT2D eigenvalue weighted by Crippen LogP contribution is -2.29. The zero-order valence-corrected chi connectivity index (χ0v) is 23.6. The van der Waals surface area contributed by atoms with Crippen LogP contribution in [0.1, 0.15) is 49.1 Å². The van der Waals surface area contributed by atoms with E-state index in [0.29, 0.717) is 52.2 Å². The molecule has 2 aromatic heterocycles. The molecule has 1 aliphatic heterocycles. The Balaban J connectivity index is 1.57. The second kappa shape index (κ2) is 10.9. The number of benzene rings is 2. The molecule has 2 N–H and O–H groups in total. The smallest absolute Gasteiger partial charge is 0.262 e. The van der Waals surface area contributed by atoms with E-state index in [9.17, 15) is 14.0 Å². The van der Waals surface area contributed by atoms with Crippen LogP contribution in [0.4, 0.5) is 16.0 Å². The molecule has 39 heavy (non-hydrogen) atoms. The summed E-state index contributed by atoms with van der Waals surface area (Å²) in [5.74, 6) is 0.0422. The van der Waals surface area contributed by atoms with Gasteiger partial charge in [0.2, 0.25) is 11.9 Å². The quantitative estimate of drug-likeness (QED) is 0.225. The average Bonchev–Trinajstić information content (AvgIpc) is 3.32. The number of hydrogen-bond acceptors (Lipinski definition) is 7. The fraction of sp³-hybridized carbons (Fsp3) is 0.286. The SMILES string of the molecule is CCc1ccc(C(C)Nc2ccc(Cl)nc2SNC(C)=O)c2nc(N3Cc4ccc(F)cc4C3)n(C)c(=O)c12. The molecule has 0 saturated carbocycles. The molecule has 1 atom stereocenters. The molecule has 4 aromatic rings. The van der Waals surface area contributed by atoms with Crippen molar-refractivity contribution in [1.82, 2.24) is 19.3 Å². The van der Waals surface area contributed by atoms with Crippen LogP contribution in [0.15, 0.2) is 52.3 Å². The second-order valence-electron chi connectivity index (χ2n) is 9.55. The molecule has 1 aliphatic rings. The maximum atomic E-state index is 13.9. The number of aryl methyl sites for hydroxylation is 1. The number of rotatable bonds is 7. The molecule has 1 amide bonds. The maximum absolute atomic E-state index is 13.9. The number of amides is 1. The van der Waals surface area contributed by atoms with Crippen molar-refractivity contribution in [2.24, 2.45) is 7.05 Å². The molecule has 202 valence electrons. The van der Waals surface area contributed by atoms with Crippen LogP contribution in [0.25, 0.3) is 10.9 Å². The Morgan fingerprint density at radius 1 is 1.15 bits per heavy atom. The van der Waals surface area contributed by atoms with Gasteiger partial charge in [-0.1, -0.05) is 36.7 Å². The topological polar surface area (TPSA) is 92.1 Å². The fourth-order valence-corrected chi connectivity index (χ4v) is 5.73. The van der Waals surface area contributed by atoms with E-state index in [-0.39, 0.29) is 23.3 Å². The monoisotopic (exact) mass is 566 g/mol. The van der Waals surface area contributed by atoms with Gasteiger partial charge in [-0.05, 0) is 54.3 Å². The molecule has 0 fully saturated rings. The van der Waals surface area contributed by atoms with Crippen molar-refractivity contribution < 1.29 is 9.18 Å². The van der Waals surface area contributed by atoms with Crippen LogP contribution in [-0.2, 0) is 31.4 Å². The zero-order valence-electron chi connectivity index (χ0n) is 22.0. The van der Waals surface area contributed by atoms with Gasteiger partial charge >= 0.3 is 0 Å². The van der Waals surface area contributed by atoms with E-state index in [0.717, 1.165) is 34.2 Å². The lowest BCUT2D eigenvalue weighted by atomic mass is 9.99. The summed E-state index contributed by atoms with van der Waals surface area (Å²) in [6, 6.07) is 12.0. The predicted molar refractivity (Wildman–Crippen MR) is 154 cm³/mol. The van der Waals surface area contributed by atoms with Gasteiger partial charge in [-0.15, -0.1) is 0 Å². The van der Waals surface area contributed by atoms with Crippen molar-refractivity contribution in [3.63, 3.8) is 0 Å². The average molecular weight is 567 g/mol. The molecule has 1 unspecified atom stereocenters. The lowest BCUT2D eigenvalue weighted by molar-refractivity contribution is -0.117. The van der Waals surface area contributed by atoms with Crippen molar-refractivity contribution in [2.75, 3.05) is 10.2 Å². The summed E-state index contributed by atoms with van der Waals surface area (Å²) in [7, 11) is 1.73. The van der Waals surface area contributed by atoms with Crippen LogP contribution < -0.4 is 20.5 Å². The molecule has 0 saturated heterocycles. The Hall–Kier alpha value is -3.63. The largest absolute Gasteiger partial charge is 0.376 e. The normalized spacial score (nSPS) is 13.4. The molecule has 0 bridgehead atoms. The number of carbonyl (C=O) groups is 1. The Morgan fingerprint density at radius 2 is 1.92 bits per heavy atom. The summed E-state index contributed by atoms with van der Waals surface area (Å²) in [6.07, 6.45) is 0.682. The van der Waals surface area contributed by atoms with Gasteiger partial charge in [-0.2, -0.15) is 0 Å². The van der Waals surface area contributed by atoms with E-state index >= 15 is 0 Å². The molecule has 8 nitrogen and oxygen atoms in total. The van der Waals surface area contributed by atoms with Crippen molar-refractivity contribution in [2.45, 2.75) is 51.3 Å². The summed E-state index contributed by atoms with van der Waals surface area (Å²) in [6.45, 7) is 6.43. The molecule has 2 aromatic carbocycles.